The second kappa shape index (κ2) is 7.80. The predicted molar refractivity (Wildman–Crippen MR) is 93.5 cm³/mol. The number of halogens is 1. The number of nitrogens with zero attached hydrogens (tertiary/aromatic N) is 1. The summed E-state index contributed by atoms with van der Waals surface area (Å²) in [6, 6.07) is 6.17. The Labute approximate surface area is 138 Å². The summed E-state index contributed by atoms with van der Waals surface area (Å²) in [4.78, 5) is 5.49. The summed E-state index contributed by atoms with van der Waals surface area (Å²) < 4.78 is 7.06. The van der Waals surface area contributed by atoms with E-state index in [1.165, 1.54) is 5.56 Å². The van der Waals surface area contributed by atoms with Gasteiger partial charge in [-0.05, 0) is 36.1 Å². The van der Waals surface area contributed by atoms with Gasteiger partial charge < -0.3 is 10.1 Å². The number of ether oxygens (including phenoxy) is 1. The number of aromatic nitrogens is 1. The largest absolute Gasteiger partial charge is 0.488 e. The van der Waals surface area contributed by atoms with Crippen molar-refractivity contribution in [2.45, 2.75) is 39.7 Å². The fourth-order valence-corrected chi connectivity index (χ4v) is 3.07. The molecule has 5 heteroatoms. The van der Waals surface area contributed by atoms with Gasteiger partial charge in [-0.15, -0.1) is 0 Å². The molecule has 2 aromatic rings. The molecule has 1 aromatic heterocycles. The van der Waals surface area contributed by atoms with Crippen LogP contribution in [0.15, 0.2) is 28.9 Å². The Morgan fingerprint density at radius 1 is 1.38 bits per heavy atom. The zero-order valence-electron chi connectivity index (χ0n) is 12.6. The van der Waals surface area contributed by atoms with Gasteiger partial charge in [0.15, 0.2) is 5.13 Å². The van der Waals surface area contributed by atoms with Crippen LogP contribution in [0.25, 0.3) is 0 Å². The normalized spacial score (nSPS) is 10.9. The number of thiazole rings is 1. The Balaban J connectivity index is 2.01. The zero-order valence-corrected chi connectivity index (χ0v) is 15.1. The number of nitrogens with one attached hydrogen (secondary N) is 1. The van der Waals surface area contributed by atoms with Crippen LogP contribution in [-0.2, 0) is 6.61 Å². The maximum atomic E-state index is 5.98. The minimum atomic E-state index is 0.431. The lowest BCUT2D eigenvalue weighted by atomic mass is 10.0. The number of benzene rings is 1. The van der Waals surface area contributed by atoms with Gasteiger partial charge in [-0.25, -0.2) is 4.98 Å². The van der Waals surface area contributed by atoms with Gasteiger partial charge in [0.2, 0.25) is 0 Å². The van der Waals surface area contributed by atoms with Crippen molar-refractivity contribution in [3.63, 3.8) is 0 Å². The molecule has 0 bridgehead atoms. The summed E-state index contributed by atoms with van der Waals surface area (Å²) in [5.74, 6) is 1.38. The number of anilines is 1. The van der Waals surface area contributed by atoms with E-state index >= 15 is 0 Å². The standard InChI is InChI=1S/C16H21BrN2OS/c1-4-7-18-16-19-9-13(21-16)10-20-15-6-5-12(17)8-14(15)11(2)3/h5-6,8-9,11H,4,7,10H2,1-3H3,(H,18,19). The van der Waals surface area contributed by atoms with Crippen LogP contribution < -0.4 is 10.1 Å². The van der Waals surface area contributed by atoms with E-state index in [1.54, 1.807) is 11.3 Å². The lowest BCUT2D eigenvalue weighted by Gasteiger charge is -2.13. The fraction of sp³-hybridized carbons (Fsp3) is 0.438. The maximum absolute atomic E-state index is 5.98. The monoisotopic (exact) mass is 368 g/mol. The van der Waals surface area contributed by atoms with E-state index in [9.17, 15) is 0 Å². The number of rotatable bonds is 7. The highest BCUT2D eigenvalue weighted by atomic mass is 79.9. The molecule has 1 aromatic carbocycles. The quantitative estimate of drug-likeness (QED) is 0.707. The van der Waals surface area contributed by atoms with Gasteiger partial charge in [0.1, 0.15) is 12.4 Å². The summed E-state index contributed by atoms with van der Waals surface area (Å²) in [6.45, 7) is 8.01. The van der Waals surface area contributed by atoms with Crippen LogP contribution in [0.3, 0.4) is 0 Å². The summed E-state index contributed by atoms with van der Waals surface area (Å²) >= 11 is 5.17. The lowest BCUT2D eigenvalue weighted by Crippen LogP contribution is -1.99. The van der Waals surface area contributed by atoms with Gasteiger partial charge in [-0.1, -0.05) is 48.0 Å². The van der Waals surface area contributed by atoms with Gasteiger partial charge in [0, 0.05) is 17.2 Å². The van der Waals surface area contributed by atoms with Crippen LogP contribution >= 0.6 is 27.3 Å². The van der Waals surface area contributed by atoms with Crippen LogP contribution in [0, 0.1) is 0 Å². The van der Waals surface area contributed by atoms with Gasteiger partial charge >= 0.3 is 0 Å². The van der Waals surface area contributed by atoms with Gasteiger partial charge in [-0.2, -0.15) is 0 Å². The highest BCUT2D eigenvalue weighted by Gasteiger charge is 2.10. The molecule has 0 amide bonds. The minimum absolute atomic E-state index is 0.431. The molecule has 1 heterocycles. The van der Waals surface area contributed by atoms with E-state index in [0.29, 0.717) is 12.5 Å². The molecule has 1 N–H and O–H groups in total. The summed E-state index contributed by atoms with van der Waals surface area (Å²) in [6.07, 6.45) is 2.98. The molecule has 0 spiro atoms. The molecule has 0 fully saturated rings. The third kappa shape index (κ3) is 4.71. The van der Waals surface area contributed by atoms with Gasteiger partial charge in [0.25, 0.3) is 0 Å². The van der Waals surface area contributed by atoms with Crippen LogP contribution in [0.1, 0.15) is 43.6 Å². The molecule has 0 aliphatic heterocycles. The third-order valence-corrected chi connectivity index (χ3v) is 4.47. The average Bonchev–Trinajstić information content (AvgIpc) is 2.91. The molecule has 21 heavy (non-hydrogen) atoms. The molecule has 0 aliphatic carbocycles. The van der Waals surface area contributed by atoms with E-state index in [2.05, 4.69) is 53.1 Å². The molecule has 0 saturated carbocycles. The first kappa shape index (κ1) is 16.3. The highest BCUT2D eigenvalue weighted by molar-refractivity contribution is 9.10. The van der Waals surface area contributed by atoms with Crippen molar-refractivity contribution in [3.05, 3.63) is 39.3 Å². The van der Waals surface area contributed by atoms with Crippen LogP contribution in [-0.4, -0.2) is 11.5 Å². The van der Waals surface area contributed by atoms with E-state index < -0.39 is 0 Å². The highest BCUT2D eigenvalue weighted by Crippen LogP contribution is 2.30. The van der Waals surface area contributed by atoms with Gasteiger partial charge in [0.05, 0.1) is 4.88 Å². The molecule has 0 radical (unpaired) electrons. The van der Waals surface area contributed by atoms with Gasteiger partial charge in [-0.3, -0.25) is 0 Å². The fourth-order valence-electron chi connectivity index (χ4n) is 1.94. The average molecular weight is 369 g/mol. The molecule has 0 unspecified atom stereocenters. The van der Waals surface area contributed by atoms with Crippen LogP contribution in [0.5, 0.6) is 5.75 Å². The number of hydrogen-bond acceptors (Lipinski definition) is 4. The molecule has 3 nitrogen and oxygen atoms in total. The maximum Gasteiger partial charge on any atom is 0.182 e. The Morgan fingerprint density at radius 3 is 2.90 bits per heavy atom. The third-order valence-electron chi connectivity index (χ3n) is 3.04. The van der Waals surface area contributed by atoms with Crippen molar-refractivity contribution in [2.24, 2.45) is 0 Å². The molecular weight excluding hydrogens is 348 g/mol. The molecule has 114 valence electrons. The summed E-state index contributed by atoms with van der Waals surface area (Å²) in [7, 11) is 0. The van der Waals surface area contributed by atoms with Crippen molar-refractivity contribution in [1.29, 1.82) is 0 Å². The first-order valence-corrected chi connectivity index (χ1v) is 8.82. The minimum Gasteiger partial charge on any atom is -0.488 e. The van der Waals surface area contributed by atoms with Crippen LogP contribution in [0.2, 0.25) is 0 Å². The van der Waals surface area contributed by atoms with Crippen LogP contribution in [0.4, 0.5) is 5.13 Å². The molecule has 0 aliphatic rings. The first-order valence-electron chi connectivity index (χ1n) is 7.21. The summed E-state index contributed by atoms with van der Waals surface area (Å²) in [5, 5.41) is 4.26. The Morgan fingerprint density at radius 2 is 2.19 bits per heavy atom. The van der Waals surface area contributed by atoms with Crippen molar-refractivity contribution in [2.75, 3.05) is 11.9 Å². The summed E-state index contributed by atoms with van der Waals surface area (Å²) in [5.41, 5.74) is 1.22. The van der Waals surface area contributed by atoms with E-state index in [0.717, 1.165) is 33.2 Å². The van der Waals surface area contributed by atoms with E-state index in [-0.39, 0.29) is 0 Å². The molecular formula is C16H21BrN2OS. The predicted octanol–water partition coefficient (Wildman–Crippen LogP) is 5.43. The van der Waals surface area contributed by atoms with Crippen molar-refractivity contribution in [3.8, 4) is 5.75 Å². The lowest BCUT2D eigenvalue weighted by molar-refractivity contribution is 0.305. The molecule has 0 saturated heterocycles. The topological polar surface area (TPSA) is 34.2 Å². The van der Waals surface area contributed by atoms with Crippen molar-refractivity contribution >= 4 is 32.4 Å². The SMILES string of the molecule is CCCNc1ncc(COc2ccc(Br)cc2C(C)C)s1. The Bertz CT molecular complexity index is 583. The van der Waals surface area contributed by atoms with Crippen molar-refractivity contribution < 1.29 is 4.74 Å². The van der Waals surface area contributed by atoms with Crippen molar-refractivity contribution in [1.82, 2.24) is 4.98 Å². The van der Waals surface area contributed by atoms with E-state index in [1.807, 2.05) is 18.3 Å². The van der Waals surface area contributed by atoms with E-state index in [4.69, 9.17) is 4.74 Å². The smallest absolute Gasteiger partial charge is 0.182 e. The second-order valence-electron chi connectivity index (χ2n) is 5.18. The zero-order chi connectivity index (χ0) is 15.2. The number of hydrogen-bond donors (Lipinski definition) is 1. The molecule has 0 atom stereocenters. The Kier molecular flexibility index (Phi) is 6.06. The molecule has 2 rings (SSSR count). The first-order chi connectivity index (χ1) is 10.1. The second-order valence-corrected chi connectivity index (χ2v) is 7.21. The Hall–Kier alpha value is -1.07.